The zero-order valence-corrected chi connectivity index (χ0v) is 12.8. The molecule has 0 heterocycles. The van der Waals surface area contributed by atoms with Crippen LogP contribution in [0.5, 0.6) is 0 Å². The number of aliphatic hydroxyl groups excluding tert-OH is 1. The molecule has 0 unspecified atom stereocenters. The second kappa shape index (κ2) is 6.05. The molecule has 8 heteroatoms. The molecule has 0 spiro atoms. The van der Waals surface area contributed by atoms with Crippen LogP contribution in [0, 0.1) is 11.6 Å². The van der Waals surface area contributed by atoms with E-state index in [9.17, 15) is 22.3 Å². The normalized spacial score (nSPS) is 23.8. The van der Waals surface area contributed by atoms with E-state index in [2.05, 4.69) is 20.7 Å². The molecule has 0 bridgehead atoms. The Kier molecular flexibility index (Phi) is 4.78. The average Bonchev–Trinajstić information content (AvgIpc) is 2.30. The molecule has 0 saturated heterocycles. The summed E-state index contributed by atoms with van der Waals surface area (Å²) in [5.74, 6) is -2.04. The van der Waals surface area contributed by atoms with Gasteiger partial charge in [0.05, 0.1) is 6.10 Å². The Morgan fingerprint density at radius 3 is 2.50 bits per heavy atom. The first-order valence-electron chi connectivity index (χ1n) is 6.16. The van der Waals surface area contributed by atoms with Crippen LogP contribution in [0.25, 0.3) is 0 Å². The van der Waals surface area contributed by atoms with Crippen molar-refractivity contribution >= 4 is 26.0 Å². The second-order valence-electron chi connectivity index (χ2n) is 4.78. The SMILES string of the molecule is O=S(=O)(N[C@H]1CCCC[C@@H]1O)c1c(F)cc(F)cc1Br. The van der Waals surface area contributed by atoms with Gasteiger partial charge in [-0.05, 0) is 34.8 Å². The minimum atomic E-state index is -4.17. The van der Waals surface area contributed by atoms with Crippen molar-refractivity contribution in [3.8, 4) is 0 Å². The zero-order chi connectivity index (χ0) is 14.9. The highest BCUT2D eigenvalue weighted by atomic mass is 79.9. The number of benzene rings is 1. The number of hydrogen-bond acceptors (Lipinski definition) is 3. The Balaban J connectivity index is 2.31. The monoisotopic (exact) mass is 369 g/mol. The van der Waals surface area contributed by atoms with Gasteiger partial charge < -0.3 is 5.11 Å². The predicted octanol–water partition coefficient (Wildman–Crippen LogP) is 2.31. The van der Waals surface area contributed by atoms with Gasteiger partial charge in [0.1, 0.15) is 16.5 Å². The zero-order valence-electron chi connectivity index (χ0n) is 10.4. The van der Waals surface area contributed by atoms with Crippen LogP contribution in [0.4, 0.5) is 8.78 Å². The minimum absolute atomic E-state index is 0.187. The third-order valence-electron chi connectivity index (χ3n) is 3.27. The van der Waals surface area contributed by atoms with Crippen LogP contribution in [0.2, 0.25) is 0 Å². The summed E-state index contributed by atoms with van der Waals surface area (Å²) in [6.45, 7) is 0. The molecule has 112 valence electrons. The Morgan fingerprint density at radius 1 is 1.25 bits per heavy atom. The van der Waals surface area contributed by atoms with Gasteiger partial charge in [-0.2, -0.15) is 0 Å². The highest BCUT2D eigenvalue weighted by Crippen LogP contribution is 2.28. The molecule has 2 rings (SSSR count). The first-order valence-corrected chi connectivity index (χ1v) is 8.44. The highest BCUT2D eigenvalue weighted by Gasteiger charge is 2.31. The maximum atomic E-state index is 13.7. The highest BCUT2D eigenvalue weighted by molar-refractivity contribution is 9.10. The van der Waals surface area contributed by atoms with E-state index in [1.807, 2.05) is 0 Å². The van der Waals surface area contributed by atoms with E-state index in [0.29, 0.717) is 18.9 Å². The van der Waals surface area contributed by atoms with Crippen LogP contribution in [-0.4, -0.2) is 25.7 Å². The Labute approximate surface area is 124 Å². The standard InChI is InChI=1S/C12H14BrF2NO3S/c13-8-5-7(14)6-9(15)12(8)20(18,19)16-10-3-1-2-4-11(10)17/h5-6,10-11,16-17H,1-4H2/t10-,11-/m0/s1. The molecule has 1 aliphatic rings. The second-order valence-corrected chi connectivity index (χ2v) is 7.28. The number of halogens is 3. The van der Waals surface area contributed by atoms with Crippen LogP contribution in [0.15, 0.2) is 21.5 Å². The molecule has 0 radical (unpaired) electrons. The lowest BCUT2D eigenvalue weighted by Gasteiger charge is -2.28. The van der Waals surface area contributed by atoms with E-state index in [4.69, 9.17) is 0 Å². The molecule has 2 atom stereocenters. The van der Waals surface area contributed by atoms with Gasteiger partial charge in [0.25, 0.3) is 0 Å². The smallest absolute Gasteiger partial charge is 0.244 e. The van der Waals surface area contributed by atoms with E-state index in [0.717, 1.165) is 18.9 Å². The van der Waals surface area contributed by atoms with Crippen LogP contribution in [0.1, 0.15) is 25.7 Å². The van der Waals surface area contributed by atoms with Gasteiger partial charge >= 0.3 is 0 Å². The number of nitrogens with one attached hydrogen (secondary N) is 1. The van der Waals surface area contributed by atoms with E-state index in [1.54, 1.807) is 0 Å². The first-order chi connectivity index (χ1) is 9.31. The van der Waals surface area contributed by atoms with Gasteiger partial charge in [0.15, 0.2) is 0 Å². The van der Waals surface area contributed by atoms with E-state index in [-0.39, 0.29) is 4.47 Å². The summed E-state index contributed by atoms with van der Waals surface area (Å²) in [5, 5.41) is 9.77. The summed E-state index contributed by atoms with van der Waals surface area (Å²) in [4.78, 5) is -0.642. The van der Waals surface area contributed by atoms with Gasteiger partial charge in [-0.15, -0.1) is 0 Å². The summed E-state index contributed by atoms with van der Waals surface area (Å²) in [6, 6.07) is 0.746. The van der Waals surface area contributed by atoms with Gasteiger partial charge in [-0.25, -0.2) is 21.9 Å². The van der Waals surface area contributed by atoms with Crippen LogP contribution >= 0.6 is 15.9 Å². The number of rotatable bonds is 3. The van der Waals surface area contributed by atoms with Crippen molar-refractivity contribution < 1.29 is 22.3 Å². The van der Waals surface area contributed by atoms with E-state index in [1.165, 1.54) is 0 Å². The van der Waals surface area contributed by atoms with Crippen LogP contribution < -0.4 is 4.72 Å². The summed E-state index contributed by atoms with van der Waals surface area (Å²) < 4.78 is 53.2. The van der Waals surface area contributed by atoms with Crippen molar-refractivity contribution in [3.05, 3.63) is 28.2 Å². The molecule has 1 aromatic rings. The van der Waals surface area contributed by atoms with Gasteiger partial charge in [-0.3, -0.25) is 0 Å². The summed E-state index contributed by atoms with van der Waals surface area (Å²) >= 11 is 2.85. The lowest BCUT2D eigenvalue weighted by Crippen LogP contribution is -2.45. The van der Waals surface area contributed by atoms with Crippen molar-refractivity contribution in [1.29, 1.82) is 0 Å². The summed E-state index contributed by atoms with van der Waals surface area (Å²) in [6.07, 6.45) is 1.81. The molecule has 0 amide bonds. The summed E-state index contributed by atoms with van der Waals surface area (Å²) in [5.41, 5.74) is 0. The van der Waals surface area contributed by atoms with Gasteiger partial charge in [0.2, 0.25) is 10.0 Å². The summed E-state index contributed by atoms with van der Waals surface area (Å²) in [7, 11) is -4.17. The minimum Gasteiger partial charge on any atom is -0.391 e. The van der Waals surface area contributed by atoms with Crippen molar-refractivity contribution in [2.45, 2.75) is 42.7 Å². The third-order valence-corrected chi connectivity index (χ3v) is 5.72. The fourth-order valence-corrected chi connectivity index (χ4v) is 4.76. The number of aliphatic hydroxyl groups is 1. The molecule has 20 heavy (non-hydrogen) atoms. The van der Waals surface area contributed by atoms with Crippen LogP contribution in [0.3, 0.4) is 0 Å². The maximum absolute atomic E-state index is 13.7. The largest absolute Gasteiger partial charge is 0.391 e. The Morgan fingerprint density at radius 2 is 1.90 bits per heavy atom. The van der Waals surface area contributed by atoms with Crippen LogP contribution in [-0.2, 0) is 10.0 Å². The fourth-order valence-electron chi connectivity index (χ4n) is 2.29. The Hall–Kier alpha value is -0.570. The molecular weight excluding hydrogens is 356 g/mol. The quantitative estimate of drug-likeness (QED) is 0.858. The third kappa shape index (κ3) is 3.36. The molecule has 2 N–H and O–H groups in total. The van der Waals surface area contributed by atoms with Crippen molar-refractivity contribution in [2.24, 2.45) is 0 Å². The first kappa shape index (κ1) is 15.8. The van der Waals surface area contributed by atoms with Gasteiger partial charge in [-0.1, -0.05) is 12.8 Å². The molecule has 4 nitrogen and oxygen atoms in total. The maximum Gasteiger partial charge on any atom is 0.244 e. The van der Waals surface area contributed by atoms with Crippen molar-refractivity contribution in [1.82, 2.24) is 4.72 Å². The molecule has 0 aromatic heterocycles. The molecule has 1 aliphatic carbocycles. The molecule has 0 aliphatic heterocycles. The Bertz CT molecular complexity index is 586. The van der Waals surface area contributed by atoms with Gasteiger partial charge in [0, 0.05) is 16.6 Å². The number of sulfonamides is 1. The average molecular weight is 370 g/mol. The number of hydrogen-bond donors (Lipinski definition) is 2. The lowest BCUT2D eigenvalue weighted by atomic mass is 9.93. The predicted molar refractivity (Wildman–Crippen MR) is 72.6 cm³/mol. The fraction of sp³-hybridized carbons (Fsp3) is 0.500. The van der Waals surface area contributed by atoms with Crippen molar-refractivity contribution in [3.63, 3.8) is 0 Å². The van der Waals surface area contributed by atoms with Crippen molar-refractivity contribution in [2.75, 3.05) is 0 Å². The molecule has 1 saturated carbocycles. The topological polar surface area (TPSA) is 66.4 Å². The molecular formula is C12H14BrF2NO3S. The lowest BCUT2D eigenvalue weighted by molar-refractivity contribution is 0.101. The molecule has 1 aromatic carbocycles. The van der Waals surface area contributed by atoms with E-state index >= 15 is 0 Å². The van der Waals surface area contributed by atoms with E-state index < -0.39 is 38.7 Å². The molecule has 1 fully saturated rings.